The highest BCUT2D eigenvalue weighted by Gasteiger charge is 2.17. The summed E-state index contributed by atoms with van der Waals surface area (Å²) in [4.78, 5) is 8.93. The van der Waals surface area contributed by atoms with Crippen molar-refractivity contribution in [3.63, 3.8) is 0 Å². The number of rotatable bonds is 3. The molecule has 0 saturated heterocycles. The zero-order chi connectivity index (χ0) is 21.5. The molecule has 2 heterocycles. The first kappa shape index (κ1) is 18.8. The molecule has 2 aromatic heterocycles. The number of aromatic nitrogens is 2. The minimum absolute atomic E-state index is 0.168. The van der Waals surface area contributed by atoms with Crippen molar-refractivity contribution in [3.05, 3.63) is 108 Å². The summed E-state index contributed by atoms with van der Waals surface area (Å²) in [5.74, 6) is 0. The lowest BCUT2D eigenvalue weighted by atomic mass is 10.00. The Kier molecular flexibility index (Phi) is 4.48. The summed E-state index contributed by atoms with van der Waals surface area (Å²) >= 11 is 6.27. The van der Waals surface area contributed by atoms with Crippen molar-refractivity contribution in [1.29, 1.82) is 0 Å². The molecule has 4 heteroatoms. The van der Waals surface area contributed by atoms with E-state index >= 15 is 0 Å². The first-order valence-electron chi connectivity index (χ1n) is 10.4. The SMILES string of the molecule is Clc1nc(-c2ccc(-c3ccccc3)cc2)c2c(n1)oc1cc(-c3ccccc3)ccc12. The Morgan fingerprint density at radius 3 is 1.81 bits per heavy atom. The van der Waals surface area contributed by atoms with E-state index in [9.17, 15) is 0 Å². The van der Waals surface area contributed by atoms with E-state index in [1.54, 1.807) is 0 Å². The summed E-state index contributed by atoms with van der Waals surface area (Å²) < 4.78 is 6.12. The van der Waals surface area contributed by atoms with Gasteiger partial charge in [0.2, 0.25) is 11.0 Å². The van der Waals surface area contributed by atoms with E-state index in [-0.39, 0.29) is 5.28 Å². The lowest BCUT2D eigenvalue weighted by molar-refractivity contribution is 0.653. The van der Waals surface area contributed by atoms with E-state index in [1.165, 1.54) is 5.56 Å². The van der Waals surface area contributed by atoms with Crippen LogP contribution in [-0.4, -0.2) is 9.97 Å². The number of halogens is 1. The average molecular weight is 433 g/mol. The van der Waals surface area contributed by atoms with Crippen molar-refractivity contribution in [2.75, 3.05) is 0 Å². The molecular weight excluding hydrogens is 416 g/mol. The Labute approximate surface area is 190 Å². The van der Waals surface area contributed by atoms with Crippen LogP contribution in [0.1, 0.15) is 0 Å². The van der Waals surface area contributed by atoms with Gasteiger partial charge in [-0.2, -0.15) is 4.98 Å². The van der Waals surface area contributed by atoms with E-state index in [1.807, 2.05) is 42.5 Å². The molecule has 0 unspecified atom stereocenters. The predicted octanol–water partition coefficient (Wildman–Crippen LogP) is 8.03. The van der Waals surface area contributed by atoms with Gasteiger partial charge in [-0.3, -0.25) is 0 Å². The van der Waals surface area contributed by atoms with Gasteiger partial charge in [-0.05, 0) is 46.0 Å². The van der Waals surface area contributed by atoms with Crippen LogP contribution in [0.25, 0.3) is 55.6 Å². The van der Waals surface area contributed by atoms with Gasteiger partial charge in [0.15, 0.2) is 0 Å². The van der Waals surface area contributed by atoms with Crippen LogP contribution < -0.4 is 0 Å². The van der Waals surface area contributed by atoms with Crippen LogP contribution in [0.4, 0.5) is 0 Å². The fraction of sp³-hybridized carbons (Fsp3) is 0. The van der Waals surface area contributed by atoms with Crippen molar-refractivity contribution < 1.29 is 4.42 Å². The van der Waals surface area contributed by atoms with Gasteiger partial charge in [-0.25, -0.2) is 4.98 Å². The Morgan fingerprint density at radius 2 is 1.12 bits per heavy atom. The molecule has 6 aromatic rings. The number of fused-ring (bicyclic) bond motifs is 3. The second kappa shape index (κ2) is 7.63. The Balaban J connectivity index is 1.51. The molecule has 4 aromatic carbocycles. The molecule has 0 saturated carbocycles. The summed E-state index contributed by atoms with van der Waals surface area (Å²) in [6, 6.07) is 35.1. The predicted molar refractivity (Wildman–Crippen MR) is 131 cm³/mol. The highest BCUT2D eigenvalue weighted by atomic mass is 35.5. The normalized spacial score (nSPS) is 11.3. The highest BCUT2D eigenvalue weighted by molar-refractivity contribution is 6.29. The first-order chi connectivity index (χ1) is 15.8. The molecule has 0 aliphatic heterocycles. The smallest absolute Gasteiger partial charge is 0.232 e. The monoisotopic (exact) mass is 432 g/mol. The maximum absolute atomic E-state index is 6.27. The van der Waals surface area contributed by atoms with Gasteiger partial charge in [-0.1, -0.05) is 91.0 Å². The van der Waals surface area contributed by atoms with Gasteiger partial charge in [0, 0.05) is 10.9 Å². The highest BCUT2D eigenvalue weighted by Crippen LogP contribution is 2.37. The quantitative estimate of drug-likeness (QED) is 0.266. The lowest BCUT2D eigenvalue weighted by Crippen LogP contribution is -1.89. The van der Waals surface area contributed by atoms with Crippen LogP contribution >= 0.6 is 11.6 Å². The molecule has 0 atom stereocenters. The summed E-state index contributed by atoms with van der Waals surface area (Å²) in [5.41, 5.74) is 7.54. The second-order valence-corrected chi connectivity index (χ2v) is 7.98. The van der Waals surface area contributed by atoms with Crippen LogP contribution in [0.15, 0.2) is 108 Å². The lowest BCUT2D eigenvalue weighted by Gasteiger charge is -2.06. The third-order valence-corrected chi connectivity index (χ3v) is 5.85. The number of hydrogen-bond donors (Lipinski definition) is 0. The standard InChI is InChI=1S/C28H17ClN2O/c29-28-30-26(21-13-11-20(12-14-21)18-7-3-1-4-8-18)25-23-16-15-22(19-9-5-2-6-10-19)17-24(23)32-27(25)31-28/h1-17H. The molecular formula is C28H17ClN2O. The number of benzene rings is 4. The summed E-state index contributed by atoms with van der Waals surface area (Å²) in [7, 11) is 0. The molecule has 0 N–H and O–H groups in total. The third-order valence-electron chi connectivity index (χ3n) is 5.68. The van der Waals surface area contributed by atoms with Gasteiger partial charge >= 0.3 is 0 Å². The molecule has 0 aliphatic rings. The van der Waals surface area contributed by atoms with E-state index in [0.29, 0.717) is 5.71 Å². The van der Waals surface area contributed by atoms with Crippen LogP contribution in [0.5, 0.6) is 0 Å². The van der Waals surface area contributed by atoms with Crippen molar-refractivity contribution in [2.45, 2.75) is 0 Å². The summed E-state index contributed by atoms with van der Waals surface area (Å²) in [6.07, 6.45) is 0. The fourth-order valence-electron chi connectivity index (χ4n) is 4.12. The molecule has 0 spiro atoms. The van der Waals surface area contributed by atoms with Gasteiger partial charge in [-0.15, -0.1) is 0 Å². The largest absolute Gasteiger partial charge is 0.437 e. The van der Waals surface area contributed by atoms with Crippen molar-refractivity contribution in [1.82, 2.24) is 9.97 Å². The molecule has 152 valence electrons. The van der Waals surface area contributed by atoms with E-state index in [2.05, 4.69) is 70.6 Å². The number of hydrogen-bond acceptors (Lipinski definition) is 3. The summed E-state index contributed by atoms with van der Waals surface area (Å²) in [6.45, 7) is 0. The zero-order valence-electron chi connectivity index (χ0n) is 17.0. The molecule has 6 rings (SSSR count). The van der Waals surface area contributed by atoms with Gasteiger partial charge in [0.05, 0.1) is 11.1 Å². The van der Waals surface area contributed by atoms with Crippen LogP contribution in [0, 0.1) is 0 Å². The molecule has 0 amide bonds. The molecule has 0 aliphatic carbocycles. The minimum atomic E-state index is 0.168. The molecule has 32 heavy (non-hydrogen) atoms. The minimum Gasteiger partial charge on any atom is -0.437 e. The summed E-state index contributed by atoms with van der Waals surface area (Å²) in [5, 5.41) is 2.01. The van der Waals surface area contributed by atoms with Crippen LogP contribution in [-0.2, 0) is 0 Å². The van der Waals surface area contributed by atoms with E-state index in [4.69, 9.17) is 16.0 Å². The Morgan fingerprint density at radius 1 is 0.562 bits per heavy atom. The Hall–Kier alpha value is -3.95. The number of furan rings is 1. The van der Waals surface area contributed by atoms with Crippen molar-refractivity contribution >= 4 is 33.7 Å². The van der Waals surface area contributed by atoms with E-state index in [0.717, 1.165) is 44.3 Å². The fourth-order valence-corrected chi connectivity index (χ4v) is 4.28. The zero-order valence-corrected chi connectivity index (χ0v) is 17.8. The Bertz CT molecular complexity index is 1560. The van der Waals surface area contributed by atoms with Gasteiger partial charge in [0.25, 0.3) is 0 Å². The molecule has 0 radical (unpaired) electrons. The second-order valence-electron chi connectivity index (χ2n) is 7.64. The van der Waals surface area contributed by atoms with Crippen molar-refractivity contribution in [3.8, 4) is 33.5 Å². The molecule has 0 bridgehead atoms. The third kappa shape index (κ3) is 3.24. The van der Waals surface area contributed by atoms with Crippen LogP contribution in [0.2, 0.25) is 5.28 Å². The molecule has 3 nitrogen and oxygen atoms in total. The van der Waals surface area contributed by atoms with Gasteiger partial charge < -0.3 is 4.42 Å². The van der Waals surface area contributed by atoms with Crippen LogP contribution in [0.3, 0.4) is 0 Å². The molecule has 0 fully saturated rings. The van der Waals surface area contributed by atoms with Gasteiger partial charge in [0.1, 0.15) is 5.58 Å². The van der Waals surface area contributed by atoms with E-state index < -0.39 is 0 Å². The topological polar surface area (TPSA) is 38.9 Å². The average Bonchev–Trinajstić information content (AvgIpc) is 3.22. The maximum atomic E-state index is 6.27. The maximum Gasteiger partial charge on any atom is 0.232 e. The van der Waals surface area contributed by atoms with Crippen molar-refractivity contribution in [2.24, 2.45) is 0 Å². The first-order valence-corrected chi connectivity index (χ1v) is 10.8. The number of nitrogens with zero attached hydrogens (tertiary/aromatic N) is 2.